The van der Waals surface area contributed by atoms with Gasteiger partial charge < -0.3 is 10.5 Å². The van der Waals surface area contributed by atoms with E-state index in [1.54, 1.807) is 0 Å². The predicted octanol–water partition coefficient (Wildman–Crippen LogP) is 2.20. The Hall–Kier alpha value is -1.43. The Balaban J connectivity index is 2.08. The molecule has 0 aliphatic heterocycles. The highest BCUT2D eigenvalue weighted by molar-refractivity contribution is 5.73. The zero-order chi connectivity index (χ0) is 16.7. The van der Waals surface area contributed by atoms with Crippen LogP contribution in [0.5, 0.6) is 0 Å². The molecule has 1 saturated carbocycles. The smallest absolute Gasteiger partial charge is 0.309 e. The molecular formula is C16H28N4O2. The monoisotopic (exact) mass is 308 g/mol. The molecule has 1 aliphatic carbocycles. The molecular weight excluding hydrogens is 280 g/mol. The first kappa shape index (κ1) is 16.9. The lowest BCUT2D eigenvalue weighted by Crippen LogP contribution is -2.29. The lowest BCUT2D eigenvalue weighted by atomic mass is 9.93. The second kappa shape index (κ2) is 5.65. The van der Waals surface area contributed by atoms with Crippen molar-refractivity contribution in [1.82, 2.24) is 15.0 Å². The van der Waals surface area contributed by atoms with Gasteiger partial charge in [-0.3, -0.25) is 4.79 Å². The van der Waals surface area contributed by atoms with Gasteiger partial charge in [0.05, 0.1) is 17.7 Å². The van der Waals surface area contributed by atoms with Crippen molar-refractivity contribution >= 4 is 5.97 Å². The van der Waals surface area contributed by atoms with Crippen LogP contribution in [0.1, 0.15) is 66.1 Å². The van der Waals surface area contributed by atoms with Crippen molar-refractivity contribution in [2.45, 2.75) is 77.5 Å². The van der Waals surface area contributed by atoms with Gasteiger partial charge in [0.2, 0.25) is 0 Å². The molecule has 0 saturated heterocycles. The summed E-state index contributed by atoms with van der Waals surface area (Å²) in [4.78, 5) is 12.2. The van der Waals surface area contributed by atoms with Crippen molar-refractivity contribution in [2.24, 2.45) is 11.7 Å². The van der Waals surface area contributed by atoms with E-state index in [0.717, 1.165) is 5.69 Å². The van der Waals surface area contributed by atoms with Gasteiger partial charge in [0, 0.05) is 17.7 Å². The number of ether oxygens (including phenoxy) is 1. The first-order chi connectivity index (χ1) is 9.97. The summed E-state index contributed by atoms with van der Waals surface area (Å²) < 4.78 is 7.29. The van der Waals surface area contributed by atoms with Crippen LogP contribution in [-0.2, 0) is 14.9 Å². The molecule has 1 unspecified atom stereocenters. The van der Waals surface area contributed by atoms with E-state index >= 15 is 0 Å². The maximum atomic E-state index is 12.2. The summed E-state index contributed by atoms with van der Waals surface area (Å²) in [6.07, 6.45) is 3.23. The van der Waals surface area contributed by atoms with Crippen LogP contribution in [0.15, 0.2) is 6.20 Å². The lowest BCUT2D eigenvalue weighted by molar-refractivity contribution is -0.159. The Morgan fingerprint density at radius 1 is 1.27 bits per heavy atom. The number of carbonyl (C=O) groups excluding carboxylic acids is 1. The molecule has 0 bridgehead atoms. The van der Waals surface area contributed by atoms with E-state index in [2.05, 4.69) is 31.1 Å². The molecule has 2 N–H and O–H groups in total. The van der Waals surface area contributed by atoms with Crippen LogP contribution in [0.2, 0.25) is 0 Å². The van der Waals surface area contributed by atoms with Gasteiger partial charge in [-0.15, -0.1) is 5.10 Å². The average Bonchev–Trinajstić information content (AvgIpc) is 2.91. The Labute approximate surface area is 132 Å². The standard InChI is InChI=1S/C16H28N4O2/c1-15(2,3)13-9-20(19-18-13)12-8-10(7-11(12)17)14(21)22-16(4,5)6/h9-12H,7-8,17H2,1-6H3/t10?,11-,12+/m1/s1. The molecule has 0 radical (unpaired) electrons. The van der Waals surface area contributed by atoms with Crippen molar-refractivity contribution in [1.29, 1.82) is 0 Å². The quantitative estimate of drug-likeness (QED) is 0.847. The molecule has 1 aromatic heterocycles. The third kappa shape index (κ3) is 3.85. The number of carbonyl (C=O) groups is 1. The predicted molar refractivity (Wildman–Crippen MR) is 84.3 cm³/mol. The van der Waals surface area contributed by atoms with Gasteiger partial charge in [-0.1, -0.05) is 26.0 Å². The van der Waals surface area contributed by atoms with Crippen LogP contribution in [0.4, 0.5) is 0 Å². The van der Waals surface area contributed by atoms with Crippen LogP contribution in [-0.4, -0.2) is 32.6 Å². The number of esters is 1. The summed E-state index contributed by atoms with van der Waals surface area (Å²) >= 11 is 0. The summed E-state index contributed by atoms with van der Waals surface area (Å²) in [5.41, 5.74) is 6.64. The van der Waals surface area contributed by atoms with Gasteiger partial charge >= 0.3 is 5.97 Å². The fraction of sp³-hybridized carbons (Fsp3) is 0.812. The SMILES string of the molecule is CC(C)(C)OC(=O)C1C[C@@H](N)[C@@H](n2cc(C(C)(C)C)nn2)C1. The summed E-state index contributed by atoms with van der Waals surface area (Å²) in [7, 11) is 0. The van der Waals surface area contributed by atoms with E-state index < -0.39 is 5.60 Å². The fourth-order valence-corrected chi connectivity index (χ4v) is 2.71. The van der Waals surface area contributed by atoms with Gasteiger partial charge in [0.15, 0.2) is 0 Å². The number of hydrogen-bond acceptors (Lipinski definition) is 5. The molecule has 0 aromatic carbocycles. The van der Waals surface area contributed by atoms with Gasteiger partial charge in [-0.25, -0.2) is 4.68 Å². The van der Waals surface area contributed by atoms with Crippen molar-refractivity contribution in [3.05, 3.63) is 11.9 Å². The molecule has 1 fully saturated rings. The molecule has 2 rings (SSSR count). The third-order valence-corrected chi connectivity index (χ3v) is 3.94. The molecule has 1 aromatic rings. The first-order valence-electron chi connectivity index (χ1n) is 7.88. The molecule has 6 heteroatoms. The summed E-state index contributed by atoms with van der Waals surface area (Å²) in [6, 6.07) is -0.104. The molecule has 0 spiro atoms. The van der Waals surface area contributed by atoms with Gasteiger partial charge in [0.25, 0.3) is 0 Å². The molecule has 1 heterocycles. The average molecular weight is 308 g/mol. The van der Waals surface area contributed by atoms with E-state index in [-0.39, 0.29) is 29.4 Å². The van der Waals surface area contributed by atoms with Crippen molar-refractivity contribution < 1.29 is 9.53 Å². The lowest BCUT2D eigenvalue weighted by Gasteiger charge is -2.22. The number of aromatic nitrogens is 3. The molecule has 3 atom stereocenters. The van der Waals surface area contributed by atoms with E-state index in [0.29, 0.717) is 12.8 Å². The molecule has 1 aliphatic rings. The van der Waals surface area contributed by atoms with E-state index in [1.165, 1.54) is 0 Å². The Bertz CT molecular complexity index is 539. The van der Waals surface area contributed by atoms with Crippen molar-refractivity contribution in [3.8, 4) is 0 Å². The minimum absolute atomic E-state index is 0.00104. The third-order valence-electron chi connectivity index (χ3n) is 3.94. The minimum atomic E-state index is -0.466. The zero-order valence-corrected chi connectivity index (χ0v) is 14.5. The van der Waals surface area contributed by atoms with Crippen LogP contribution >= 0.6 is 0 Å². The van der Waals surface area contributed by atoms with Crippen LogP contribution in [0.3, 0.4) is 0 Å². The molecule has 0 amide bonds. The fourth-order valence-electron chi connectivity index (χ4n) is 2.71. The highest BCUT2D eigenvalue weighted by Gasteiger charge is 2.39. The maximum Gasteiger partial charge on any atom is 0.309 e. The first-order valence-corrected chi connectivity index (χ1v) is 7.88. The van der Waals surface area contributed by atoms with Crippen LogP contribution in [0.25, 0.3) is 0 Å². The van der Waals surface area contributed by atoms with E-state index in [1.807, 2.05) is 31.6 Å². The highest BCUT2D eigenvalue weighted by Crippen LogP contribution is 2.35. The van der Waals surface area contributed by atoms with Crippen molar-refractivity contribution in [2.75, 3.05) is 0 Å². The maximum absolute atomic E-state index is 12.2. The number of nitrogens with zero attached hydrogens (tertiary/aromatic N) is 3. The second-order valence-corrected chi connectivity index (χ2v) is 8.27. The van der Waals surface area contributed by atoms with Crippen LogP contribution in [0, 0.1) is 5.92 Å². The highest BCUT2D eigenvalue weighted by atomic mass is 16.6. The number of nitrogens with two attached hydrogens (primary N) is 1. The van der Waals surface area contributed by atoms with E-state index in [4.69, 9.17) is 10.5 Å². The Morgan fingerprint density at radius 2 is 1.91 bits per heavy atom. The Morgan fingerprint density at radius 3 is 2.41 bits per heavy atom. The largest absolute Gasteiger partial charge is 0.460 e. The summed E-state index contributed by atoms with van der Waals surface area (Å²) in [5.74, 6) is -0.330. The summed E-state index contributed by atoms with van der Waals surface area (Å²) in [5, 5.41) is 8.46. The van der Waals surface area contributed by atoms with E-state index in [9.17, 15) is 4.79 Å². The summed E-state index contributed by atoms with van der Waals surface area (Å²) in [6.45, 7) is 11.9. The molecule has 6 nitrogen and oxygen atoms in total. The minimum Gasteiger partial charge on any atom is -0.460 e. The molecule has 22 heavy (non-hydrogen) atoms. The van der Waals surface area contributed by atoms with Gasteiger partial charge in [0.1, 0.15) is 5.60 Å². The topological polar surface area (TPSA) is 83.0 Å². The number of rotatable bonds is 2. The Kier molecular flexibility index (Phi) is 4.35. The normalized spacial score (nSPS) is 26.2. The zero-order valence-electron chi connectivity index (χ0n) is 14.5. The van der Waals surface area contributed by atoms with Gasteiger partial charge in [-0.05, 0) is 33.6 Å². The van der Waals surface area contributed by atoms with Crippen LogP contribution < -0.4 is 5.73 Å². The number of hydrogen-bond donors (Lipinski definition) is 1. The molecule has 124 valence electrons. The second-order valence-electron chi connectivity index (χ2n) is 8.27. The van der Waals surface area contributed by atoms with Crippen molar-refractivity contribution in [3.63, 3.8) is 0 Å². The van der Waals surface area contributed by atoms with Gasteiger partial charge in [-0.2, -0.15) is 0 Å².